The van der Waals surface area contributed by atoms with Crippen LogP contribution in [0.3, 0.4) is 0 Å². The van der Waals surface area contributed by atoms with Crippen LogP contribution in [0.1, 0.15) is 56.7 Å². The van der Waals surface area contributed by atoms with E-state index in [0.717, 1.165) is 37.8 Å². The Labute approximate surface area is 128 Å². The SMILES string of the molecule is CCCc1ccc(C(N)CN2CC(CCC)CC2=O)cc1. The molecule has 2 rings (SSSR count). The molecule has 0 saturated carbocycles. The lowest BCUT2D eigenvalue weighted by atomic mass is 10.0. The average Bonchev–Trinajstić information content (AvgIpc) is 2.80. The van der Waals surface area contributed by atoms with E-state index in [1.165, 1.54) is 5.56 Å². The van der Waals surface area contributed by atoms with Crippen LogP contribution in [0.5, 0.6) is 0 Å². The van der Waals surface area contributed by atoms with Crippen molar-refractivity contribution >= 4 is 5.91 Å². The molecule has 1 amide bonds. The molecule has 0 bridgehead atoms. The highest BCUT2D eigenvalue weighted by Crippen LogP contribution is 2.24. The normalized spacial score (nSPS) is 20.0. The van der Waals surface area contributed by atoms with Gasteiger partial charge in [0.05, 0.1) is 0 Å². The lowest BCUT2D eigenvalue weighted by Gasteiger charge is -2.22. The van der Waals surface area contributed by atoms with E-state index >= 15 is 0 Å². The van der Waals surface area contributed by atoms with Crippen molar-refractivity contribution in [2.75, 3.05) is 13.1 Å². The Morgan fingerprint density at radius 1 is 1.24 bits per heavy atom. The number of nitrogens with two attached hydrogens (primary N) is 1. The van der Waals surface area contributed by atoms with E-state index in [1.54, 1.807) is 0 Å². The first kappa shape index (κ1) is 16.0. The third kappa shape index (κ3) is 4.31. The molecular weight excluding hydrogens is 260 g/mol. The Morgan fingerprint density at radius 2 is 1.95 bits per heavy atom. The smallest absolute Gasteiger partial charge is 0.222 e. The van der Waals surface area contributed by atoms with Gasteiger partial charge in [0.2, 0.25) is 5.91 Å². The van der Waals surface area contributed by atoms with Crippen LogP contribution in [0.2, 0.25) is 0 Å². The van der Waals surface area contributed by atoms with Gasteiger partial charge in [-0.2, -0.15) is 0 Å². The largest absolute Gasteiger partial charge is 0.340 e. The molecule has 3 nitrogen and oxygen atoms in total. The molecule has 1 fully saturated rings. The van der Waals surface area contributed by atoms with E-state index in [2.05, 4.69) is 38.1 Å². The van der Waals surface area contributed by atoms with Gasteiger partial charge in [-0.3, -0.25) is 4.79 Å². The molecule has 21 heavy (non-hydrogen) atoms. The molecule has 1 saturated heterocycles. The summed E-state index contributed by atoms with van der Waals surface area (Å²) in [6.45, 7) is 5.89. The van der Waals surface area contributed by atoms with Crippen molar-refractivity contribution in [2.24, 2.45) is 11.7 Å². The lowest BCUT2D eigenvalue weighted by molar-refractivity contribution is -0.127. The summed E-state index contributed by atoms with van der Waals surface area (Å²) in [4.78, 5) is 14.0. The van der Waals surface area contributed by atoms with Crippen LogP contribution in [0.4, 0.5) is 0 Å². The fourth-order valence-corrected chi connectivity index (χ4v) is 3.20. The number of carbonyl (C=O) groups excluding carboxylic acids is 1. The highest BCUT2D eigenvalue weighted by Gasteiger charge is 2.29. The van der Waals surface area contributed by atoms with Crippen LogP contribution in [-0.4, -0.2) is 23.9 Å². The molecule has 3 heteroatoms. The summed E-state index contributed by atoms with van der Waals surface area (Å²) in [6.07, 6.45) is 5.27. The first-order valence-corrected chi connectivity index (χ1v) is 8.26. The Balaban J connectivity index is 1.91. The summed E-state index contributed by atoms with van der Waals surface area (Å²) in [7, 11) is 0. The van der Waals surface area contributed by atoms with Crippen LogP contribution in [0.25, 0.3) is 0 Å². The van der Waals surface area contributed by atoms with Gasteiger partial charge in [0, 0.05) is 25.6 Å². The Morgan fingerprint density at radius 3 is 2.57 bits per heavy atom. The fourth-order valence-electron chi connectivity index (χ4n) is 3.20. The van der Waals surface area contributed by atoms with Crippen molar-refractivity contribution in [3.63, 3.8) is 0 Å². The van der Waals surface area contributed by atoms with Crippen molar-refractivity contribution in [3.05, 3.63) is 35.4 Å². The fraction of sp³-hybridized carbons (Fsp3) is 0.611. The van der Waals surface area contributed by atoms with E-state index in [4.69, 9.17) is 5.73 Å². The molecule has 0 aromatic heterocycles. The quantitative estimate of drug-likeness (QED) is 0.837. The van der Waals surface area contributed by atoms with Gasteiger partial charge in [-0.15, -0.1) is 0 Å². The Bertz CT molecular complexity index is 455. The zero-order valence-electron chi connectivity index (χ0n) is 13.3. The standard InChI is InChI=1S/C18H28N2O/c1-3-5-14-7-9-16(10-8-14)17(19)13-20-12-15(6-4-2)11-18(20)21/h7-10,15,17H,3-6,11-13,19H2,1-2H3. The molecule has 1 aliphatic rings. The molecule has 1 heterocycles. The average molecular weight is 288 g/mol. The van der Waals surface area contributed by atoms with E-state index in [9.17, 15) is 4.79 Å². The molecule has 2 atom stereocenters. The first-order chi connectivity index (χ1) is 10.1. The van der Waals surface area contributed by atoms with Crippen LogP contribution >= 0.6 is 0 Å². The van der Waals surface area contributed by atoms with Crippen molar-refractivity contribution in [2.45, 2.75) is 52.0 Å². The zero-order chi connectivity index (χ0) is 15.2. The van der Waals surface area contributed by atoms with Crippen molar-refractivity contribution in [3.8, 4) is 0 Å². The minimum Gasteiger partial charge on any atom is -0.340 e. The van der Waals surface area contributed by atoms with Crippen molar-refractivity contribution in [1.82, 2.24) is 4.90 Å². The minimum absolute atomic E-state index is 0.0787. The highest BCUT2D eigenvalue weighted by molar-refractivity contribution is 5.78. The molecule has 1 aliphatic heterocycles. The number of aryl methyl sites for hydroxylation is 1. The molecule has 116 valence electrons. The maximum Gasteiger partial charge on any atom is 0.222 e. The summed E-state index contributed by atoms with van der Waals surface area (Å²) < 4.78 is 0. The van der Waals surface area contributed by atoms with Crippen LogP contribution in [0, 0.1) is 5.92 Å². The van der Waals surface area contributed by atoms with Gasteiger partial charge in [0.25, 0.3) is 0 Å². The van der Waals surface area contributed by atoms with E-state index < -0.39 is 0 Å². The maximum atomic E-state index is 12.0. The van der Waals surface area contributed by atoms with Gasteiger partial charge in [-0.05, 0) is 29.9 Å². The van der Waals surface area contributed by atoms with Gasteiger partial charge in [0.1, 0.15) is 0 Å². The molecule has 0 radical (unpaired) electrons. The molecular formula is C18H28N2O. The van der Waals surface area contributed by atoms with Crippen LogP contribution in [-0.2, 0) is 11.2 Å². The highest BCUT2D eigenvalue weighted by atomic mass is 16.2. The number of carbonyl (C=O) groups is 1. The summed E-state index contributed by atoms with van der Waals surface area (Å²) in [5.74, 6) is 0.799. The lowest BCUT2D eigenvalue weighted by Crippen LogP contribution is -2.33. The predicted octanol–water partition coefficient (Wildman–Crippen LogP) is 3.29. The van der Waals surface area contributed by atoms with Gasteiger partial charge in [0.15, 0.2) is 0 Å². The third-order valence-corrected chi connectivity index (χ3v) is 4.36. The number of nitrogens with zero attached hydrogens (tertiary/aromatic N) is 1. The maximum absolute atomic E-state index is 12.0. The molecule has 0 spiro atoms. The number of amides is 1. The summed E-state index contributed by atoms with van der Waals surface area (Å²) >= 11 is 0. The van der Waals surface area contributed by atoms with Crippen LogP contribution < -0.4 is 5.73 Å². The van der Waals surface area contributed by atoms with E-state index in [1.807, 2.05) is 4.90 Å². The monoisotopic (exact) mass is 288 g/mol. The summed E-state index contributed by atoms with van der Waals surface area (Å²) in [5.41, 5.74) is 8.77. The number of hydrogen-bond donors (Lipinski definition) is 1. The Kier molecular flexibility index (Phi) is 5.80. The van der Waals surface area contributed by atoms with E-state index in [0.29, 0.717) is 18.9 Å². The third-order valence-electron chi connectivity index (χ3n) is 4.36. The topological polar surface area (TPSA) is 46.3 Å². The second-order valence-corrected chi connectivity index (χ2v) is 6.26. The number of hydrogen-bond acceptors (Lipinski definition) is 2. The Hall–Kier alpha value is -1.35. The minimum atomic E-state index is -0.0787. The number of likely N-dealkylation sites (tertiary alicyclic amines) is 1. The molecule has 1 aromatic rings. The zero-order valence-corrected chi connectivity index (χ0v) is 13.3. The van der Waals surface area contributed by atoms with Gasteiger partial charge >= 0.3 is 0 Å². The number of rotatable bonds is 7. The summed E-state index contributed by atoms with van der Waals surface area (Å²) in [6, 6.07) is 8.46. The van der Waals surface area contributed by atoms with Gasteiger partial charge < -0.3 is 10.6 Å². The first-order valence-electron chi connectivity index (χ1n) is 8.26. The number of benzene rings is 1. The van der Waals surface area contributed by atoms with E-state index in [-0.39, 0.29) is 11.9 Å². The molecule has 0 aliphatic carbocycles. The molecule has 2 unspecified atom stereocenters. The molecule has 2 N–H and O–H groups in total. The van der Waals surface area contributed by atoms with Crippen molar-refractivity contribution < 1.29 is 4.79 Å². The van der Waals surface area contributed by atoms with Crippen LogP contribution in [0.15, 0.2) is 24.3 Å². The predicted molar refractivity (Wildman–Crippen MR) is 87.0 cm³/mol. The summed E-state index contributed by atoms with van der Waals surface area (Å²) in [5, 5.41) is 0. The van der Waals surface area contributed by atoms with Gasteiger partial charge in [-0.25, -0.2) is 0 Å². The molecule has 1 aromatic carbocycles. The second-order valence-electron chi connectivity index (χ2n) is 6.26. The van der Waals surface area contributed by atoms with Crippen molar-refractivity contribution in [1.29, 1.82) is 0 Å². The van der Waals surface area contributed by atoms with Gasteiger partial charge in [-0.1, -0.05) is 51.0 Å². The second kappa shape index (κ2) is 7.60.